The van der Waals surface area contributed by atoms with Gasteiger partial charge in [0.25, 0.3) is 5.91 Å². The highest BCUT2D eigenvalue weighted by Gasteiger charge is 2.28. The zero-order valence-corrected chi connectivity index (χ0v) is 14.5. The number of nitrogens with one attached hydrogen (secondary N) is 3. The van der Waals surface area contributed by atoms with Crippen LogP contribution in [0, 0.1) is 5.92 Å². The van der Waals surface area contributed by atoms with E-state index in [4.69, 9.17) is 4.74 Å². The SMILES string of the molecule is CC(=O)NNC(=O)COC(=O)C1CCN(C(=O)Nc2ccccc2)CC1. The Kier molecular flexibility index (Phi) is 6.95. The van der Waals surface area contributed by atoms with Gasteiger partial charge in [0.2, 0.25) is 5.91 Å². The number of urea groups is 1. The van der Waals surface area contributed by atoms with Gasteiger partial charge >= 0.3 is 12.0 Å². The third-order valence-electron chi connectivity index (χ3n) is 3.86. The summed E-state index contributed by atoms with van der Waals surface area (Å²) >= 11 is 0. The highest BCUT2D eigenvalue weighted by molar-refractivity contribution is 5.89. The van der Waals surface area contributed by atoms with E-state index >= 15 is 0 Å². The van der Waals surface area contributed by atoms with E-state index in [-0.39, 0.29) is 11.9 Å². The average Bonchev–Trinajstić information content (AvgIpc) is 2.65. The molecule has 1 heterocycles. The maximum atomic E-state index is 12.2. The molecule has 26 heavy (non-hydrogen) atoms. The molecule has 9 heteroatoms. The molecule has 0 radical (unpaired) electrons. The number of rotatable bonds is 4. The van der Waals surface area contributed by atoms with Crippen LogP contribution in [0.25, 0.3) is 0 Å². The second kappa shape index (κ2) is 9.40. The molecule has 1 aromatic carbocycles. The molecule has 0 aromatic heterocycles. The first-order chi connectivity index (χ1) is 12.5. The number of hydrazine groups is 1. The number of amides is 4. The van der Waals surface area contributed by atoms with Gasteiger partial charge in [-0.1, -0.05) is 18.2 Å². The number of ether oxygens (including phenoxy) is 1. The van der Waals surface area contributed by atoms with E-state index in [0.29, 0.717) is 31.6 Å². The number of hydrogen-bond acceptors (Lipinski definition) is 5. The lowest BCUT2D eigenvalue weighted by Gasteiger charge is -2.30. The van der Waals surface area contributed by atoms with Gasteiger partial charge in [0.05, 0.1) is 5.92 Å². The maximum Gasteiger partial charge on any atom is 0.321 e. The third kappa shape index (κ3) is 6.08. The van der Waals surface area contributed by atoms with Crippen molar-refractivity contribution < 1.29 is 23.9 Å². The molecule has 0 unspecified atom stereocenters. The van der Waals surface area contributed by atoms with Crippen molar-refractivity contribution in [2.45, 2.75) is 19.8 Å². The molecule has 0 spiro atoms. The zero-order chi connectivity index (χ0) is 18.9. The molecule has 0 bridgehead atoms. The van der Waals surface area contributed by atoms with Crippen LogP contribution in [0.3, 0.4) is 0 Å². The second-order valence-electron chi connectivity index (χ2n) is 5.89. The summed E-state index contributed by atoms with van der Waals surface area (Å²) in [5, 5.41) is 2.80. The maximum absolute atomic E-state index is 12.2. The lowest BCUT2D eigenvalue weighted by Crippen LogP contribution is -2.44. The van der Waals surface area contributed by atoms with Crippen molar-refractivity contribution in [2.24, 2.45) is 5.92 Å². The van der Waals surface area contributed by atoms with Crippen molar-refractivity contribution in [3.05, 3.63) is 30.3 Å². The van der Waals surface area contributed by atoms with Gasteiger partial charge in [0.1, 0.15) is 0 Å². The molecular weight excluding hydrogens is 340 g/mol. The van der Waals surface area contributed by atoms with Crippen LogP contribution < -0.4 is 16.2 Å². The van der Waals surface area contributed by atoms with Crippen LogP contribution in [-0.2, 0) is 19.1 Å². The molecule has 1 fully saturated rings. The van der Waals surface area contributed by atoms with Gasteiger partial charge in [0.15, 0.2) is 6.61 Å². The Hall–Kier alpha value is -3.10. The Morgan fingerprint density at radius 3 is 2.35 bits per heavy atom. The highest BCUT2D eigenvalue weighted by Crippen LogP contribution is 2.19. The third-order valence-corrected chi connectivity index (χ3v) is 3.86. The number of esters is 1. The molecule has 0 atom stereocenters. The first kappa shape index (κ1) is 19.2. The van der Waals surface area contributed by atoms with Crippen molar-refractivity contribution in [3.8, 4) is 0 Å². The Balaban J connectivity index is 1.70. The number of para-hydroxylation sites is 1. The van der Waals surface area contributed by atoms with E-state index in [1.54, 1.807) is 17.0 Å². The first-order valence-corrected chi connectivity index (χ1v) is 8.28. The summed E-state index contributed by atoms with van der Waals surface area (Å²) in [4.78, 5) is 47.9. The van der Waals surface area contributed by atoms with Crippen molar-refractivity contribution in [3.63, 3.8) is 0 Å². The van der Waals surface area contributed by atoms with Gasteiger partial charge < -0.3 is 15.0 Å². The lowest BCUT2D eigenvalue weighted by molar-refractivity contribution is -0.154. The predicted molar refractivity (Wildman–Crippen MR) is 92.7 cm³/mol. The number of piperidine rings is 1. The minimum absolute atomic E-state index is 0.210. The van der Waals surface area contributed by atoms with Gasteiger partial charge in [-0.05, 0) is 25.0 Å². The average molecular weight is 362 g/mol. The summed E-state index contributed by atoms with van der Waals surface area (Å²) < 4.78 is 4.95. The molecule has 4 amide bonds. The lowest BCUT2D eigenvalue weighted by atomic mass is 9.97. The standard InChI is InChI=1S/C17H22N4O5/c1-12(22)19-20-15(23)11-26-16(24)13-7-9-21(10-8-13)17(25)18-14-5-3-2-4-6-14/h2-6,13H,7-11H2,1H3,(H,18,25)(H,19,22)(H,20,23). The van der Waals surface area contributed by atoms with E-state index in [1.165, 1.54) is 6.92 Å². The molecule has 3 N–H and O–H groups in total. The minimum Gasteiger partial charge on any atom is -0.455 e. The van der Waals surface area contributed by atoms with Crippen molar-refractivity contribution in [2.75, 3.05) is 25.0 Å². The van der Waals surface area contributed by atoms with Crippen molar-refractivity contribution in [1.29, 1.82) is 0 Å². The van der Waals surface area contributed by atoms with E-state index < -0.39 is 24.4 Å². The smallest absolute Gasteiger partial charge is 0.321 e. The van der Waals surface area contributed by atoms with Crippen LogP contribution in [0.4, 0.5) is 10.5 Å². The monoisotopic (exact) mass is 362 g/mol. The van der Waals surface area contributed by atoms with Crippen molar-refractivity contribution >= 4 is 29.5 Å². The number of anilines is 1. The Morgan fingerprint density at radius 1 is 1.08 bits per heavy atom. The van der Waals surface area contributed by atoms with Crippen LogP contribution in [0.2, 0.25) is 0 Å². The summed E-state index contributed by atoms with van der Waals surface area (Å²) in [6.07, 6.45) is 0.933. The molecule has 1 aliphatic rings. The predicted octanol–water partition coefficient (Wildman–Crippen LogP) is 0.641. The number of nitrogens with zero attached hydrogens (tertiary/aromatic N) is 1. The molecule has 2 rings (SSSR count). The van der Waals surface area contributed by atoms with Gasteiger partial charge in [-0.25, -0.2) is 4.79 Å². The van der Waals surface area contributed by atoms with Gasteiger partial charge in [0, 0.05) is 25.7 Å². The Labute approximate surface area is 151 Å². The largest absolute Gasteiger partial charge is 0.455 e. The Bertz CT molecular complexity index is 656. The fourth-order valence-corrected chi connectivity index (χ4v) is 2.49. The highest BCUT2D eigenvalue weighted by atomic mass is 16.5. The van der Waals surface area contributed by atoms with E-state index in [1.807, 2.05) is 18.2 Å². The molecule has 9 nitrogen and oxygen atoms in total. The quantitative estimate of drug-likeness (QED) is 0.537. The fourth-order valence-electron chi connectivity index (χ4n) is 2.49. The summed E-state index contributed by atoms with van der Waals surface area (Å²) in [6.45, 7) is 1.63. The first-order valence-electron chi connectivity index (χ1n) is 8.28. The van der Waals surface area contributed by atoms with E-state index in [0.717, 1.165) is 0 Å². The molecule has 1 aliphatic heterocycles. The topological polar surface area (TPSA) is 117 Å². The molecule has 140 valence electrons. The van der Waals surface area contributed by atoms with Gasteiger partial charge in [-0.2, -0.15) is 0 Å². The van der Waals surface area contributed by atoms with Gasteiger partial charge in [-0.15, -0.1) is 0 Å². The summed E-state index contributed by atoms with van der Waals surface area (Å²) in [5.41, 5.74) is 4.93. The molecular formula is C17H22N4O5. The van der Waals surface area contributed by atoms with E-state index in [2.05, 4.69) is 16.2 Å². The Morgan fingerprint density at radius 2 is 1.73 bits per heavy atom. The second-order valence-corrected chi connectivity index (χ2v) is 5.89. The van der Waals surface area contributed by atoms with Crippen LogP contribution in [0.5, 0.6) is 0 Å². The van der Waals surface area contributed by atoms with Crippen molar-refractivity contribution in [1.82, 2.24) is 15.8 Å². The number of benzene rings is 1. The molecule has 0 saturated carbocycles. The molecule has 1 aromatic rings. The molecule has 1 saturated heterocycles. The summed E-state index contributed by atoms with van der Waals surface area (Å²) in [5.74, 6) is -1.88. The van der Waals surface area contributed by atoms with Crippen LogP contribution in [0.15, 0.2) is 30.3 Å². The number of hydrogen-bond donors (Lipinski definition) is 3. The number of carbonyl (C=O) groups is 4. The van der Waals surface area contributed by atoms with Gasteiger partial charge in [-0.3, -0.25) is 25.2 Å². The number of likely N-dealkylation sites (tertiary alicyclic amines) is 1. The normalized spacial score (nSPS) is 14.3. The van der Waals surface area contributed by atoms with Crippen LogP contribution in [0.1, 0.15) is 19.8 Å². The van der Waals surface area contributed by atoms with Crippen LogP contribution in [-0.4, -0.2) is 48.4 Å². The summed E-state index contributed by atoms with van der Waals surface area (Å²) in [6, 6.07) is 8.92. The van der Waals surface area contributed by atoms with E-state index in [9.17, 15) is 19.2 Å². The fraction of sp³-hybridized carbons (Fsp3) is 0.412. The summed E-state index contributed by atoms with van der Waals surface area (Å²) in [7, 11) is 0. The zero-order valence-electron chi connectivity index (χ0n) is 14.5. The van der Waals surface area contributed by atoms with Crippen LogP contribution >= 0.6 is 0 Å². The minimum atomic E-state index is -0.617. The number of carbonyl (C=O) groups excluding carboxylic acids is 4. The molecule has 0 aliphatic carbocycles.